The lowest BCUT2D eigenvalue weighted by Gasteiger charge is -2.01. The number of hydrogen-bond donors (Lipinski definition) is 2. The number of hydrogen-bond acceptors (Lipinski definition) is 8. The van der Waals surface area contributed by atoms with Gasteiger partial charge in [0.1, 0.15) is 10.5 Å². The van der Waals surface area contributed by atoms with Crippen LogP contribution >= 0.6 is 34.4 Å². The molecule has 1 aromatic carbocycles. The van der Waals surface area contributed by atoms with Crippen LogP contribution in [0, 0.1) is 6.92 Å². The topological polar surface area (TPSA) is 83.6 Å². The summed E-state index contributed by atoms with van der Waals surface area (Å²) >= 11 is 4.38. The Morgan fingerprint density at radius 2 is 2.04 bits per heavy atom. The summed E-state index contributed by atoms with van der Waals surface area (Å²) in [5.74, 6) is 1.18. The number of anilines is 2. The number of nitrogens with zero attached hydrogens (tertiary/aromatic N) is 3. The number of benzene rings is 1. The second kappa shape index (κ2) is 6.95. The van der Waals surface area contributed by atoms with Gasteiger partial charge in [0, 0.05) is 5.69 Å². The summed E-state index contributed by atoms with van der Waals surface area (Å²) in [6.45, 7) is 2.05. The van der Waals surface area contributed by atoms with Gasteiger partial charge in [0.15, 0.2) is 4.34 Å². The van der Waals surface area contributed by atoms with Gasteiger partial charge >= 0.3 is 0 Å². The molecule has 0 aliphatic rings. The number of H-pyrrole nitrogens is 1. The minimum atomic E-state index is -0.0883. The third-order valence-corrected chi connectivity index (χ3v) is 6.29. The van der Waals surface area contributed by atoms with E-state index in [0.29, 0.717) is 16.3 Å². The van der Waals surface area contributed by atoms with Crippen LogP contribution in [0.15, 0.2) is 44.8 Å². The van der Waals surface area contributed by atoms with Crippen LogP contribution < -0.4 is 10.9 Å². The maximum absolute atomic E-state index is 12.0. The molecule has 9 heteroatoms. The summed E-state index contributed by atoms with van der Waals surface area (Å²) in [6, 6.07) is 9.96. The molecule has 0 unspecified atom stereocenters. The first kappa shape index (κ1) is 16.2. The van der Waals surface area contributed by atoms with Gasteiger partial charge in [-0.1, -0.05) is 40.8 Å². The van der Waals surface area contributed by atoms with E-state index >= 15 is 0 Å². The Hall–Kier alpha value is -2.23. The summed E-state index contributed by atoms with van der Waals surface area (Å²) in [6.07, 6.45) is 0. The Labute approximate surface area is 155 Å². The van der Waals surface area contributed by atoms with Crippen molar-refractivity contribution in [3.8, 4) is 0 Å². The van der Waals surface area contributed by atoms with E-state index in [4.69, 9.17) is 0 Å². The van der Waals surface area contributed by atoms with Crippen molar-refractivity contribution < 1.29 is 0 Å². The van der Waals surface area contributed by atoms with E-state index in [-0.39, 0.29) is 5.56 Å². The van der Waals surface area contributed by atoms with E-state index in [1.54, 1.807) is 0 Å². The highest BCUT2D eigenvalue weighted by Gasteiger charge is 2.09. The van der Waals surface area contributed by atoms with Crippen LogP contribution in [0.5, 0.6) is 0 Å². The summed E-state index contributed by atoms with van der Waals surface area (Å²) in [5.41, 5.74) is 2.84. The second-order valence-corrected chi connectivity index (χ2v) is 8.42. The van der Waals surface area contributed by atoms with Gasteiger partial charge in [-0.3, -0.25) is 4.79 Å². The van der Waals surface area contributed by atoms with Crippen molar-refractivity contribution in [1.29, 1.82) is 0 Å². The van der Waals surface area contributed by atoms with Gasteiger partial charge in [-0.2, -0.15) is 0 Å². The van der Waals surface area contributed by atoms with E-state index in [1.165, 1.54) is 40.0 Å². The maximum atomic E-state index is 12.0. The van der Waals surface area contributed by atoms with Gasteiger partial charge in [0.25, 0.3) is 5.56 Å². The molecule has 6 nitrogen and oxygen atoms in total. The highest BCUT2D eigenvalue weighted by molar-refractivity contribution is 8.00. The molecule has 0 saturated heterocycles. The molecule has 0 atom stereocenters. The molecule has 0 aliphatic carbocycles. The van der Waals surface area contributed by atoms with Crippen LogP contribution in [0.3, 0.4) is 0 Å². The maximum Gasteiger partial charge on any atom is 0.268 e. The van der Waals surface area contributed by atoms with E-state index in [9.17, 15) is 4.79 Å². The Morgan fingerprint density at radius 1 is 1.20 bits per heavy atom. The summed E-state index contributed by atoms with van der Waals surface area (Å²) in [5, 5.41) is 14.2. The third kappa shape index (κ3) is 3.73. The fourth-order valence-electron chi connectivity index (χ4n) is 2.20. The van der Waals surface area contributed by atoms with Gasteiger partial charge in [-0.15, -0.1) is 21.5 Å². The molecule has 0 amide bonds. The van der Waals surface area contributed by atoms with Crippen LogP contribution in [0.2, 0.25) is 0 Å². The summed E-state index contributed by atoms with van der Waals surface area (Å²) in [7, 11) is 0. The van der Waals surface area contributed by atoms with Crippen molar-refractivity contribution in [1.82, 2.24) is 20.2 Å². The van der Waals surface area contributed by atoms with E-state index in [0.717, 1.165) is 20.7 Å². The van der Waals surface area contributed by atoms with Gasteiger partial charge in [-0.05, 0) is 30.5 Å². The number of aryl methyl sites for hydroxylation is 1. The van der Waals surface area contributed by atoms with Crippen molar-refractivity contribution in [2.45, 2.75) is 17.0 Å². The van der Waals surface area contributed by atoms with Crippen molar-refractivity contribution in [3.63, 3.8) is 0 Å². The van der Waals surface area contributed by atoms with Gasteiger partial charge < -0.3 is 10.3 Å². The van der Waals surface area contributed by atoms with Crippen molar-refractivity contribution >= 4 is 55.5 Å². The largest absolute Gasteiger partial charge is 0.330 e. The minimum Gasteiger partial charge on any atom is -0.330 e. The minimum absolute atomic E-state index is 0.0883. The molecule has 126 valence electrons. The smallest absolute Gasteiger partial charge is 0.268 e. The second-order valence-electron chi connectivity index (χ2n) is 5.30. The van der Waals surface area contributed by atoms with Crippen molar-refractivity contribution in [2.75, 3.05) is 5.32 Å². The molecule has 0 bridgehead atoms. The number of thioether (sulfide) groups is 1. The van der Waals surface area contributed by atoms with Crippen molar-refractivity contribution in [3.05, 3.63) is 57.5 Å². The first-order valence-corrected chi connectivity index (χ1v) is 10.1. The monoisotopic (exact) mass is 387 g/mol. The van der Waals surface area contributed by atoms with E-state index in [1.807, 2.05) is 35.7 Å². The number of rotatable bonds is 5. The molecule has 3 aromatic heterocycles. The quantitative estimate of drug-likeness (QED) is 0.500. The number of fused-ring (bicyclic) bond motifs is 1. The van der Waals surface area contributed by atoms with Crippen LogP contribution in [-0.2, 0) is 5.75 Å². The number of nitrogens with one attached hydrogen (secondary N) is 2. The Balaban J connectivity index is 1.43. The van der Waals surface area contributed by atoms with Gasteiger partial charge in [0.2, 0.25) is 5.13 Å². The molecule has 0 saturated carbocycles. The van der Waals surface area contributed by atoms with Crippen LogP contribution in [0.4, 0.5) is 10.8 Å². The molecule has 25 heavy (non-hydrogen) atoms. The van der Waals surface area contributed by atoms with Crippen LogP contribution in [0.1, 0.15) is 11.4 Å². The predicted molar refractivity (Wildman–Crippen MR) is 104 cm³/mol. The lowest BCUT2D eigenvalue weighted by molar-refractivity contribution is 1.00. The molecular formula is C16H13N5OS3. The zero-order chi connectivity index (χ0) is 17.2. The van der Waals surface area contributed by atoms with E-state index < -0.39 is 0 Å². The predicted octanol–water partition coefficient (Wildman–Crippen LogP) is 4.18. The molecule has 4 aromatic rings. The number of thiophene rings is 1. The highest BCUT2D eigenvalue weighted by atomic mass is 32.2. The Bertz CT molecular complexity index is 1070. The standard InChI is InChI=1S/C16H13N5OS3/c1-9-2-4-10(5-3-9)17-15-20-21-16(25-15)24-8-12-18-11-6-7-23-13(11)14(22)19-12/h2-7H,8H2,1H3,(H,17,20)(H,18,19,22). The average molecular weight is 388 g/mol. The highest BCUT2D eigenvalue weighted by Crippen LogP contribution is 2.29. The lowest BCUT2D eigenvalue weighted by Crippen LogP contribution is -2.09. The fourth-order valence-corrected chi connectivity index (χ4v) is 4.57. The van der Waals surface area contributed by atoms with Crippen molar-refractivity contribution in [2.24, 2.45) is 0 Å². The molecule has 2 N–H and O–H groups in total. The first-order chi connectivity index (χ1) is 12.2. The normalized spacial score (nSPS) is 11.1. The Morgan fingerprint density at radius 3 is 2.88 bits per heavy atom. The summed E-state index contributed by atoms with van der Waals surface area (Å²) in [4.78, 5) is 19.3. The SMILES string of the molecule is Cc1ccc(Nc2nnc(SCc3nc4ccsc4c(=O)[nH]3)s2)cc1. The lowest BCUT2D eigenvalue weighted by atomic mass is 10.2. The molecule has 0 radical (unpaired) electrons. The molecular weight excluding hydrogens is 374 g/mol. The molecule has 0 fully saturated rings. The Kier molecular flexibility index (Phi) is 4.51. The number of aromatic amines is 1. The third-order valence-electron chi connectivity index (χ3n) is 3.41. The molecule has 4 rings (SSSR count). The first-order valence-electron chi connectivity index (χ1n) is 7.44. The fraction of sp³-hybridized carbons (Fsp3) is 0.125. The van der Waals surface area contributed by atoms with Gasteiger partial charge in [-0.25, -0.2) is 4.98 Å². The van der Waals surface area contributed by atoms with Crippen LogP contribution in [0.25, 0.3) is 10.2 Å². The molecule has 3 heterocycles. The van der Waals surface area contributed by atoms with Crippen LogP contribution in [-0.4, -0.2) is 20.2 Å². The van der Waals surface area contributed by atoms with E-state index in [2.05, 4.69) is 32.4 Å². The zero-order valence-electron chi connectivity index (χ0n) is 13.1. The zero-order valence-corrected chi connectivity index (χ0v) is 15.6. The average Bonchev–Trinajstić information content (AvgIpc) is 3.24. The summed E-state index contributed by atoms with van der Waals surface area (Å²) < 4.78 is 1.48. The van der Waals surface area contributed by atoms with Gasteiger partial charge in [0.05, 0.1) is 11.3 Å². The number of aromatic nitrogens is 4. The molecule has 0 aliphatic heterocycles. The molecule has 0 spiro atoms.